The molecule has 82 valence electrons. The Labute approximate surface area is 90.4 Å². The van der Waals surface area contributed by atoms with Gasteiger partial charge in [0.15, 0.2) is 0 Å². The molecule has 0 amide bonds. The van der Waals surface area contributed by atoms with Crippen LogP contribution in [0.15, 0.2) is 24.3 Å². The molecular formula is C12H17NO2. The Kier molecular flexibility index (Phi) is 3.23. The van der Waals surface area contributed by atoms with E-state index in [1.807, 2.05) is 19.2 Å². The molecule has 1 aromatic rings. The smallest absolute Gasteiger partial charge is 0.145 e. The molecule has 3 heteroatoms. The minimum Gasteiger partial charge on any atom is -0.486 e. The average Bonchev–Trinajstić information content (AvgIpc) is 2.23. The summed E-state index contributed by atoms with van der Waals surface area (Å²) in [5.41, 5.74) is 1.25. The highest BCUT2D eigenvalue weighted by atomic mass is 16.6. The lowest BCUT2D eigenvalue weighted by Gasteiger charge is -2.27. The molecule has 1 saturated heterocycles. The predicted molar refractivity (Wildman–Crippen MR) is 59.2 cm³/mol. The molecule has 0 spiro atoms. The Morgan fingerprint density at radius 1 is 1.47 bits per heavy atom. The van der Waals surface area contributed by atoms with E-state index < -0.39 is 0 Å². The van der Waals surface area contributed by atoms with Crippen LogP contribution < -0.4 is 10.1 Å². The summed E-state index contributed by atoms with van der Waals surface area (Å²) < 4.78 is 10.8. The van der Waals surface area contributed by atoms with Crippen LogP contribution in [0.5, 0.6) is 5.75 Å². The van der Waals surface area contributed by atoms with E-state index >= 15 is 0 Å². The normalized spacial score (nSPS) is 18.3. The second kappa shape index (κ2) is 4.64. The first-order chi connectivity index (χ1) is 7.29. The molecule has 2 rings (SSSR count). The summed E-state index contributed by atoms with van der Waals surface area (Å²) in [6.07, 6.45) is 0.241. The highest BCUT2D eigenvalue weighted by Crippen LogP contribution is 2.21. The van der Waals surface area contributed by atoms with Crippen molar-refractivity contribution in [3.05, 3.63) is 29.8 Å². The molecule has 1 unspecified atom stereocenters. The van der Waals surface area contributed by atoms with Crippen LogP contribution >= 0.6 is 0 Å². The summed E-state index contributed by atoms with van der Waals surface area (Å²) in [6.45, 7) is 3.56. The fourth-order valence-corrected chi connectivity index (χ4v) is 1.50. The fourth-order valence-electron chi connectivity index (χ4n) is 1.50. The molecule has 0 aromatic heterocycles. The number of ether oxygens (including phenoxy) is 2. The Balaban J connectivity index is 2.04. The molecule has 0 bridgehead atoms. The largest absolute Gasteiger partial charge is 0.486 e. The minimum atomic E-state index is 0.241. The number of benzene rings is 1. The zero-order valence-corrected chi connectivity index (χ0v) is 9.19. The fraction of sp³-hybridized carbons (Fsp3) is 0.500. The maximum absolute atomic E-state index is 5.73. The summed E-state index contributed by atoms with van der Waals surface area (Å²) in [5, 5.41) is 3.21. The monoisotopic (exact) mass is 207 g/mol. The Bertz CT molecular complexity index is 323. The Hall–Kier alpha value is -1.06. The van der Waals surface area contributed by atoms with Crippen LogP contribution in [0, 0.1) is 0 Å². The number of hydrogen-bond donors (Lipinski definition) is 1. The van der Waals surface area contributed by atoms with Gasteiger partial charge in [-0.2, -0.15) is 0 Å². The zero-order chi connectivity index (χ0) is 10.7. The van der Waals surface area contributed by atoms with Crippen LogP contribution in [0.2, 0.25) is 0 Å². The van der Waals surface area contributed by atoms with Crippen LogP contribution in [-0.4, -0.2) is 26.4 Å². The molecule has 3 nitrogen and oxygen atoms in total. The van der Waals surface area contributed by atoms with Gasteiger partial charge in [-0.1, -0.05) is 12.1 Å². The molecule has 1 aromatic carbocycles. The van der Waals surface area contributed by atoms with Gasteiger partial charge >= 0.3 is 0 Å². The van der Waals surface area contributed by atoms with Gasteiger partial charge in [0.1, 0.15) is 11.9 Å². The first-order valence-electron chi connectivity index (χ1n) is 5.31. The van der Waals surface area contributed by atoms with E-state index in [0.29, 0.717) is 19.3 Å². The third-order valence-corrected chi connectivity index (χ3v) is 2.70. The van der Waals surface area contributed by atoms with Crippen molar-refractivity contribution in [3.8, 4) is 5.75 Å². The van der Waals surface area contributed by atoms with Crippen LogP contribution in [-0.2, 0) is 4.74 Å². The number of rotatable bonds is 4. The van der Waals surface area contributed by atoms with E-state index in [1.165, 1.54) is 5.56 Å². The molecule has 0 saturated carbocycles. The molecule has 1 N–H and O–H groups in total. The number of nitrogens with one attached hydrogen (secondary N) is 1. The molecule has 0 radical (unpaired) electrons. The first-order valence-corrected chi connectivity index (χ1v) is 5.31. The van der Waals surface area contributed by atoms with Gasteiger partial charge in [0.25, 0.3) is 0 Å². The van der Waals surface area contributed by atoms with Crippen LogP contribution in [0.3, 0.4) is 0 Å². The summed E-state index contributed by atoms with van der Waals surface area (Å²) in [6, 6.07) is 8.55. The lowest BCUT2D eigenvalue weighted by Crippen LogP contribution is -2.38. The van der Waals surface area contributed by atoms with E-state index in [-0.39, 0.29) is 6.10 Å². The first kappa shape index (κ1) is 10.5. The Morgan fingerprint density at radius 3 is 2.87 bits per heavy atom. The van der Waals surface area contributed by atoms with Gasteiger partial charge in [0.2, 0.25) is 0 Å². The van der Waals surface area contributed by atoms with E-state index in [4.69, 9.17) is 9.47 Å². The molecule has 1 aliphatic heterocycles. The van der Waals surface area contributed by atoms with Crippen molar-refractivity contribution in [2.45, 2.75) is 19.1 Å². The van der Waals surface area contributed by atoms with Gasteiger partial charge in [-0.15, -0.1) is 0 Å². The van der Waals surface area contributed by atoms with Crippen molar-refractivity contribution in [2.24, 2.45) is 0 Å². The Morgan fingerprint density at radius 2 is 2.27 bits per heavy atom. The van der Waals surface area contributed by atoms with Crippen molar-refractivity contribution >= 4 is 0 Å². The molecule has 1 aliphatic rings. The van der Waals surface area contributed by atoms with E-state index in [0.717, 1.165) is 5.75 Å². The van der Waals surface area contributed by atoms with Crippen molar-refractivity contribution in [1.82, 2.24) is 5.32 Å². The maximum atomic E-state index is 5.73. The van der Waals surface area contributed by atoms with E-state index in [1.54, 1.807) is 0 Å². The molecule has 1 heterocycles. The van der Waals surface area contributed by atoms with Crippen molar-refractivity contribution < 1.29 is 9.47 Å². The van der Waals surface area contributed by atoms with E-state index in [2.05, 4.69) is 24.4 Å². The van der Waals surface area contributed by atoms with Gasteiger partial charge in [0, 0.05) is 6.04 Å². The molecule has 0 aliphatic carbocycles. The topological polar surface area (TPSA) is 30.5 Å². The molecule has 15 heavy (non-hydrogen) atoms. The van der Waals surface area contributed by atoms with Crippen molar-refractivity contribution in [3.63, 3.8) is 0 Å². The average molecular weight is 207 g/mol. The third kappa shape index (κ3) is 2.49. The van der Waals surface area contributed by atoms with Gasteiger partial charge in [-0.05, 0) is 31.7 Å². The quantitative estimate of drug-likeness (QED) is 0.815. The summed E-state index contributed by atoms with van der Waals surface area (Å²) in [7, 11) is 1.96. The van der Waals surface area contributed by atoms with Crippen molar-refractivity contribution in [2.75, 3.05) is 20.3 Å². The lowest BCUT2D eigenvalue weighted by atomic mass is 10.1. The SMILES string of the molecule is CNC(C)c1cccc(OC2COC2)c1. The summed E-state index contributed by atoms with van der Waals surface area (Å²) >= 11 is 0. The van der Waals surface area contributed by atoms with Gasteiger partial charge in [-0.3, -0.25) is 0 Å². The molecule has 1 fully saturated rings. The molecule has 1 atom stereocenters. The standard InChI is InChI=1S/C12H17NO2/c1-9(13-2)10-4-3-5-11(6-10)15-12-7-14-8-12/h3-6,9,12-13H,7-8H2,1-2H3. The van der Waals surface area contributed by atoms with Gasteiger partial charge in [-0.25, -0.2) is 0 Å². The van der Waals surface area contributed by atoms with Crippen LogP contribution in [0.4, 0.5) is 0 Å². The lowest BCUT2D eigenvalue weighted by molar-refractivity contribution is -0.0797. The minimum absolute atomic E-state index is 0.241. The highest BCUT2D eigenvalue weighted by molar-refractivity contribution is 5.30. The highest BCUT2D eigenvalue weighted by Gasteiger charge is 2.20. The second-order valence-corrected chi connectivity index (χ2v) is 3.86. The summed E-state index contributed by atoms with van der Waals surface area (Å²) in [4.78, 5) is 0. The van der Waals surface area contributed by atoms with Crippen LogP contribution in [0.25, 0.3) is 0 Å². The third-order valence-electron chi connectivity index (χ3n) is 2.70. The maximum Gasteiger partial charge on any atom is 0.145 e. The van der Waals surface area contributed by atoms with E-state index in [9.17, 15) is 0 Å². The summed E-state index contributed by atoms with van der Waals surface area (Å²) in [5.74, 6) is 0.933. The number of hydrogen-bond acceptors (Lipinski definition) is 3. The van der Waals surface area contributed by atoms with Gasteiger partial charge in [0.05, 0.1) is 13.2 Å². The second-order valence-electron chi connectivity index (χ2n) is 3.86. The molecular weight excluding hydrogens is 190 g/mol. The zero-order valence-electron chi connectivity index (χ0n) is 9.19. The van der Waals surface area contributed by atoms with Crippen LogP contribution in [0.1, 0.15) is 18.5 Å². The van der Waals surface area contributed by atoms with Crippen molar-refractivity contribution in [1.29, 1.82) is 0 Å². The predicted octanol–water partition coefficient (Wildman–Crippen LogP) is 1.74. The van der Waals surface area contributed by atoms with Gasteiger partial charge < -0.3 is 14.8 Å².